The van der Waals surface area contributed by atoms with Gasteiger partial charge < -0.3 is 5.73 Å². The fraction of sp³-hybridized carbons (Fsp3) is 0.286. The third-order valence-electron chi connectivity index (χ3n) is 1.52. The Labute approximate surface area is 86.0 Å². The first-order valence-electron chi connectivity index (χ1n) is 3.78. The molecular weight excluding hydrogens is 224 g/mol. The largest absolute Gasteiger partial charge is 0.368 e. The second-order valence-electron chi connectivity index (χ2n) is 2.68. The summed E-state index contributed by atoms with van der Waals surface area (Å²) in [6.45, 7) is 1.40. The van der Waals surface area contributed by atoms with Gasteiger partial charge in [0.25, 0.3) is 10.0 Å². The van der Waals surface area contributed by atoms with Crippen LogP contribution in [0.1, 0.15) is 6.92 Å². The van der Waals surface area contributed by atoms with E-state index in [9.17, 15) is 13.2 Å². The van der Waals surface area contributed by atoms with E-state index in [1.165, 1.54) is 13.0 Å². The van der Waals surface area contributed by atoms with Crippen LogP contribution in [0.2, 0.25) is 0 Å². The predicted octanol–water partition coefficient (Wildman–Crippen LogP) is -0.0998. The maximum Gasteiger partial charge on any atom is 0.250 e. The molecule has 0 aliphatic rings. The first kappa shape index (κ1) is 11.2. The molecule has 0 saturated carbocycles. The summed E-state index contributed by atoms with van der Waals surface area (Å²) in [5.74, 6) is -0.704. The summed E-state index contributed by atoms with van der Waals surface area (Å²) in [4.78, 5) is 10.6. The van der Waals surface area contributed by atoms with E-state index in [0.717, 1.165) is 11.3 Å². The van der Waals surface area contributed by atoms with Gasteiger partial charge >= 0.3 is 0 Å². The summed E-state index contributed by atoms with van der Waals surface area (Å²) in [7, 11) is -3.59. The van der Waals surface area contributed by atoms with E-state index in [4.69, 9.17) is 5.73 Å². The molecule has 0 spiro atoms. The van der Waals surface area contributed by atoms with Gasteiger partial charge in [0.15, 0.2) is 0 Å². The Kier molecular flexibility index (Phi) is 3.25. The third-order valence-corrected chi connectivity index (χ3v) is 4.46. The highest BCUT2D eigenvalue weighted by Gasteiger charge is 2.20. The molecule has 0 aromatic carbocycles. The van der Waals surface area contributed by atoms with E-state index >= 15 is 0 Å². The Morgan fingerprint density at radius 3 is 2.71 bits per heavy atom. The molecule has 3 N–H and O–H groups in total. The molecule has 0 unspecified atom stereocenters. The molecule has 7 heteroatoms. The van der Waals surface area contributed by atoms with Crippen LogP contribution >= 0.6 is 11.3 Å². The monoisotopic (exact) mass is 234 g/mol. The molecule has 1 aromatic heterocycles. The summed E-state index contributed by atoms with van der Waals surface area (Å²) in [5.41, 5.74) is 4.93. The maximum atomic E-state index is 11.5. The maximum absolute atomic E-state index is 11.5. The molecule has 0 fully saturated rings. The Morgan fingerprint density at radius 1 is 1.64 bits per heavy atom. The summed E-state index contributed by atoms with van der Waals surface area (Å²) < 4.78 is 25.3. The lowest BCUT2D eigenvalue weighted by Gasteiger charge is -2.08. The number of hydrogen-bond donors (Lipinski definition) is 2. The fourth-order valence-electron chi connectivity index (χ4n) is 0.765. The quantitative estimate of drug-likeness (QED) is 0.762. The van der Waals surface area contributed by atoms with Crippen LogP contribution in [0.25, 0.3) is 0 Å². The van der Waals surface area contributed by atoms with Gasteiger partial charge in [0, 0.05) is 0 Å². The average Bonchev–Trinajstić information content (AvgIpc) is 2.54. The molecular formula is C7H10N2O3S2. The van der Waals surface area contributed by atoms with Gasteiger partial charge in [0.1, 0.15) is 4.21 Å². The molecule has 0 radical (unpaired) electrons. The van der Waals surface area contributed by atoms with Crippen molar-refractivity contribution in [3.8, 4) is 0 Å². The number of nitrogens with one attached hydrogen (secondary N) is 1. The highest BCUT2D eigenvalue weighted by molar-refractivity contribution is 7.91. The fourth-order valence-corrected chi connectivity index (χ4v) is 2.99. The molecule has 1 atom stereocenters. The number of hydrogen-bond acceptors (Lipinski definition) is 4. The molecule has 1 aromatic rings. The minimum absolute atomic E-state index is 0.172. The van der Waals surface area contributed by atoms with Crippen molar-refractivity contribution >= 4 is 27.3 Å². The lowest BCUT2D eigenvalue weighted by atomic mass is 10.4. The van der Waals surface area contributed by atoms with Crippen LogP contribution in [0.15, 0.2) is 21.7 Å². The van der Waals surface area contributed by atoms with Crippen molar-refractivity contribution in [3.63, 3.8) is 0 Å². The number of carbonyl (C=O) groups is 1. The van der Waals surface area contributed by atoms with E-state index in [2.05, 4.69) is 4.72 Å². The number of nitrogens with two attached hydrogens (primary N) is 1. The normalized spacial score (nSPS) is 13.8. The Balaban J connectivity index is 2.84. The molecule has 5 nitrogen and oxygen atoms in total. The van der Waals surface area contributed by atoms with Crippen molar-refractivity contribution < 1.29 is 13.2 Å². The Bertz CT molecular complexity index is 410. The molecule has 0 aliphatic carbocycles. The molecule has 0 saturated heterocycles. The second kappa shape index (κ2) is 4.07. The molecule has 1 rings (SSSR count). The first-order valence-corrected chi connectivity index (χ1v) is 6.15. The highest BCUT2D eigenvalue weighted by atomic mass is 32.2. The number of primary amides is 1. The lowest BCUT2D eigenvalue weighted by molar-refractivity contribution is -0.119. The number of carbonyl (C=O) groups excluding carboxylic acids is 1. The van der Waals surface area contributed by atoms with Crippen LogP contribution in [0.5, 0.6) is 0 Å². The lowest BCUT2D eigenvalue weighted by Crippen LogP contribution is -2.41. The molecule has 1 amide bonds. The highest BCUT2D eigenvalue weighted by Crippen LogP contribution is 2.15. The van der Waals surface area contributed by atoms with Crippen molar-refractivity contribution in [3.05, 3.63) is 17.5 Å². The third kappa shape index (κ3) is 2.53. The van der Waals surface area contributed by atoms with Crippen LogP contribution < -0.4 is 10.5 Å². The molecule has 0 bridgehead atoms. The van der Waals surface area contributed by atoms with Crippen LogP contribution in [0.3, 0.4) is 0 Å². The molecule has 78 valence electrons. The predicted molar refractivity (Wildman–Crippen MR) is 53.3 cm³/mol. The molecule has 1 heterocycles. The molecule has 0 aliphatic heterocycles. The van der Waals surface area contributed by atoms with Gasteiger partial charge in [-0.1, -0.05) is 6.07 Å². The van der Waals surface area contributed by atoms with Gasteiger partial charge in [-0.15, -0.1) is 11.3 Å². The van der Waals surface area contributed by atoms with Crippen molar-refractivity contribution in [2.45, 2.75) is 17.2 Å². The number of rotatable bonds is 4. The minimum Gasteiger partial charge on any atom is -0.368 e. The zero-order valence-corrected chi connectivity index (χ0v) is 9.06. The van der Waals surface area contributed by atoms with E-state index in [1.54, 1.807) is 11.4 Å². The number of sulfonamides is 1. The smallest absolute Gasteiger partial charge is 0.250 e. The summed E-state index contributed by atoms with van der Waals surface area (Å²) in [5, 5.41) is 1.64. The van der Waals surface area contributed by atoms with Gasteiger partial charge in [-0.3, -0.25) is 4.79 Å². The van der Waals surface area contributed by atoms with Gasteiger partial charge in [-0.25, -0.2) is 8.42 Å². The van der Waals surface area contributed by atoms with Crippen molar-refractivity contribution in [1.82, 2.24) is 4.72 Å². The van der Waals surface area contributed by atoms with Crippen molar-refractivity contribution in [2.75, 3.05) is 0 Å². The van der Waals surface area contributed by atoms with E-state index in [-0.39, 0.29) is 4.21 Å². The van der Waals surface area contributed by atoms with Crippen molar-refractivity contribution in [2.24, 2.45) is 5.73 Å². The van der Waals surface area contributed by atoms with Crippen LogP contribution in [0, 0.1) is 0 Å². The standard InChI is InChI=1S/C7H10N2O3S2/c1-5(7(8)10)9-14(11,12)6-3-2-4-13-6/h2-5,9H,1H3,(H2,8,10)/t5-/m0/s1. The van der Waals surface area contributed by atoms with E-state index in [0.29, 0.717) is 0 Å². The van der Waals surface area contributed by atoms with Crippen LogP contribution in [0.4, 0.5) is 0 Å². The zero-order valence-electron chi connectivity index (χ0n) is 7.43. The SMILES string of the molecule is C[C@H](NS(=O)(=O)c1cccs1)C(N)=O. The molecule has 14 heavy (non-hydrogen) atoms. The van der Waals surface area contributed by atoms with Crippen molar-refractivity contribution in [1.29, 1.82) is 0 Å². The van der Waals surface area contributed by atoms with Gasteiger partial charge in [-0.2, -0.15) is 4.72 Å². The Morgan fingerprint density at radius 2 is 2.29 bits per heavy atom. The van der Waals surface area contributed by atoms with Gasteiger partial charge in [0.05, 0.1) is 6.04 Å². The summed E-state index contributed by atoms with van der Waals surface area (Å²) >= 11 is 1.08. The second-order valence-corrected chi connectivity index (χ2v) is 5.57. The zero-order chi connectivity index (χ0) is 10.8. The van der Waals surface area contributed by atoms with Gasteiger partial charge in [-0.05, 0) is 18.4 Å². The Hall–Kier alpha value is -0.920. The number of thiophene rings is 1. The van der Waals surface area contributed by atoms with Crippen LogP contribution in [-0.2, 0) is 14.8 Å². The topological polar surface area (TPSA) is 89.3 Å². The minimum atomic E-state index is -3.59. The summed E-state index contributed by atoms with van der Waals surface area (Å²) in [6, 6.07) is 2.18. The van der Waals surface area contributed by atoms with Gasteiger partial charge in [0.2, 0.25) is 5.91 Å². The summed E-state index contributed by atoms with van der Waals surface area (Å²) in [6.07, 6.45) is 0. The number of amides is 1. The van der Waals surface area contributed by atoms with E-state index < -0.39 is 22.0 Å². The first-order chi connectivity index (χ1) is 6.43. The van der Waals surface area contributed by atoms with E-state index in [1.807, 2.05) is 0 Å². The average molecular weight is 234 g/mol. The van der Waals surface area contributed by atoms with Crippen LogP contribution in [-0.4, -0.2) is 20.4 Å².